The summed E-state index contributed by atoms with van der Waals surface area (Å²) in [6.45, 7) is 1.99. The van der Waals surface area contributed by atoms with Gasteiger partial charge in [0.1, 0.15) is 10.9 Å². The van der Waals surface area contributed by atoms with Gasteiger partial charge >= 0.3 is 0 Å². The molecule has 0 saturated heterocycles. The number of hydrogen-bond donors (Lipinski definition) is 3. The van der Waals surface area contributed by atoms with Crippen molar-refractivity contribution in [3.8, 4) is 6.07 Å². The van der Waals surface area contributed by atoms with Crippen LogP contribution < -0.4 is 11.1 Å². The standard InChI is InChI=1S/C8H11ClN4OS/c1-4(14)5(11)3-12-8-13-7(9)6(2-10)15-8/h4-5,14H,3,11H2,1H3,(H,12,13). The second-order valence-electron chi connectivity index (χ2n) is 3.04. The SMILES string of the molecule is CC(O)C(N)CNc1nc(Cl)c(C#N)s1. The minimum atomic E-state index is -0.594. The van der Waals surface area contributed by atoms with Gasteiger partial charge in [0.25, 0.3) is 0 Å². The van der Waals surface area contributed by atoms with Crippen molar-refractivity contribution in [2.45, 2.75) is 19.1 Å². The molecule has 0 amide bonds. The van der Waals surface area contributed by atoms with Crippen LogP contribution in [0.3, 0.4) is 0 Å². The van der Waals surface area contributed by atoms with Gasteiger partial charge in [0, 0.05) is 12.6 Å². The van der Waals surface area contributed by atoms with E-state index in [0.717, 1.165) is 11.3 Å². The number of nitrogens with one attached hydrogen (secondary N) is 1. The van der Waals surface area contributed by atoms with E-state index >= 15 is 0 Å². The van der Waals surface area contributed by atoms with Gasteiger partial charge in [-0.15, -0.1) is 0 Å². The molecule has 0 aliphatic carbocycles. The van der Waals surface area contributed by atoms with Crippen molar-refractivity contribution in [2.75, 3.05) is 11.9 Å². The quantitative estimate of drug-likeness (QED) is 0.730. The number of aliphatic hydroxyl groups is 1. The minimum absolute atomic E-state index is 0.190. The van der Waals surface area contributed by atoms with E-state index in [0.29, 0.717) is 16.6 Å². The third-order valence-electron chi connectivity index (χ3n) is 1.80. The van der Waals surface area contributed by atoms with Crippen LogP contribution >= 0.6 is 22.9 Å². The molecule has 5 nitrogen and oxygen atoms in total. The van der Waals surface area contributed by atoms with Crippen molar-refractivity contribution in [3.63, 3.8) is 0 Å². The Morgan fingerprint density at radius 1 is 1.80 bits per heavy atom. The maximum Gasteiger partial charge on any atom is 0.185 e. The molecule has 0 saturated carbocycles. The van der Waals surface area contributed by atoms with Crippen LogP contribution in [0, 0.1) is 11.3 Å². The lowest BCUT2D eigenvalue weighted by atomic mass is 10.2. The molecule has 0 aliphatic rings. The molecule has 7 heteroatoms. The molecule has 0 bridgehead atoms. The maximum atomic E-state index is 9.14. The van der Waals surface area contributed by atoms with Crippen LogP contribution in [0.4, 0.5) is 5.13 Å². The number of nitriles is 1. The fourth-order valence-corrected chi connectivity index (χ4v) is 1.78. The first-order chi connectivity index (χ1) is 7.04. The summed E-state index contributed by atoms with van der Waals surface area (Å²) in [5.74, 6) is 0. The van der Waals surface area contributed by atoms with E-state index in [4.69, 9.17) is 27.7 Å². The molecule has 4 N–H and O–H groups in total. The Morgan fingerprint density at radius 3 is 2.93 bits per heavy atom. The van der Waals surface area contributed by atoms with Crippen molar-refractivity contribution in [1.29, 1.82) is 5.26 Å². The molecular formula is C8H11ClN4OS. The Bertz CT molecular complexity index is 373. The van der Waals surface area contributed by atoms with Gasteiger partial charge in [0.15, 0.2) is 10.3 Å². The molecule has 1 aromatic rings. The molecule has 15 heavy (non-hydrogen) atoms. The molecule has 1 heterocycles. The number of hydrogen-bond acceptors (Lipinski definition) is 6. The highest BCUT2D eigenvalue weighted by molar-refractivity contribution is 7.16. The first-order valence-electron chi connectivity index (χ1n) is 4.28. The predicted octanol–water partition coefficient (Wildman–Crippen LogP) is 0.788. The number of thiazole rings is 1. The zero-order valence-corrected chi connectivity index (χ0v) is 9.64. The molecule has 0 spiro atoms. The summed E-state index contributed by atoms with van der Waals surface area (Å²) < 4.78 is 0. The average Bonchev–Trinajstić information content (AvgIpc) is 2.55. The number of halogens is 1. The Hall–Kier alpha value is -0.870. The third-order valence-corrected chi connectivity index (χ3v) is 3.10. The van der Waals surface area contributed by atoms with Gasteiger partial charge in [-0.2, -0.15) is 5.26 Å². The van der Waals surface area contributed by atoms with E-state index in [9.17, 15) is 0 Å². The van der Waals surface area contributed by atoms with Crippen molar-refractivity contribution >= 4 is 28.1 Å². The number of anilines is 1. The van der Waals surface area contributed by atoms with Crippen LogP contribution in [0.25, 0.3) is 0 Å². The Kier molecular flexibility index (Phi) is 4.29. The fourth-order valence-electron chi connectivity index (χ4n) is 0.822. The number of aromatic nitrogens is 1. The van der Waals surface area contributed by atoms with Crippen LogP contribution in [0.1, 0.15) is 11.8 Å². The van der Waals surface area contributed by atoms with E-state index < -0.39 is 6.10 Å². The normalized spacial score (nSPS) is 14.3. The van der Waals surface area contributed by atoms with Crippen molar-refractivity contribution in [1.82, 2.24) is 4.98 Å². The van der Waals surface area contributed by atoms with Crippen LogP contribution in [0.2, 0.25) is 5.15 Å². The summed E-state index contributed by atoms with van der Waals surface area (Å²) in [5, 5.41) is 21.4. The molecule has 0 aliphatic heterocycles. The largest absolute Gasteiger partial charge is 0.392 e. The van der Waals surface area contributed by atoms with Crippen LogP contribution in [0.5, 0.6) is 0 Å². The summed E-state index contributed by atoms with van der Waals surface area (Å²) in [6, 6.07) is 1.55. The third kappa shape index (κ3) is 3.32. The Labute approximate surface area is 96.5 Å². The second-order valence-corrected chi connectivity index (χ2v) is 4.39. The molecule has 1 rings (SSSR count). The zero-order chi connectivity index (χ0) is 11.4. The molecule has 0 radical (unpaired) electrons. The van der Waals surface area contributed by atoms with Crippen molar-refractivity contribution in [3.05, 3.63) is 10.0 Å². The van der Waals surface area contributed by atoms with E-state index in [1.807, 2.05) is 6.07 Å². The predicted molar refractivity (Wildman–Crippen MR) is 60.0 cm³/mol. The van der Waals surface area contributed by atoms with Gasteiger partial charge in [-0.25, -0.2) is 4.98 Å². The second kappa shape index (κ2) is 5.28. The molecule has 0 aromatic carbocycles. The van der Waals surface area contributed by atoms with E-state index in [1.165, 1.54) is 0 Å². The first kappa shape index (κ1) is 12.2. The Balaban J connectivity index is 2.55. The smallest absolute Gasteiger partial charge is 0.185 e. The van der Waals surface area contributed by atoms with Gasteiger partial charge in [0.05, 0.1) is 6.10 Å². The Morgan fingerprint density at radius 2 is 2.47 bits per heavy atom. The highest BCUT2D eigenvalue weighted by Crippen LogP contribution is 2.25. The van der Waals surface area contributed by atoms with Gasteiger partial charge < -0.3 is 16.2 Å². The minimum Gasteiger partial charge on any atom is -0.392 e. The maximum absolute atomic E-state index is 9.14. The number of nitrogens with two attached hydrogens (primary N) is 1. The lowest BCUT2D eigenvalue weighted by molar-refractivity contribution is 0.168. The van der Waals surface area contributed by atoms with E-state index in [2.05, 4.69) is 10.3 Å². The van der Waals surface area contributed by atoms with Crippen LogP contribution in [0.15, 0.2) is 0 Å². The highest BCUT2D eigenvalue weighted by Gasteiger charge is 2.12. The van der Waals surface area contributed by atoms with E-state index in [1.54, 1.807) is 6.92 Å². The van der Waals surface area contributed by atoms with Crippen LogP contribution in [-0.2, 0) is 0 Å². The summed E-state index contributed by atoms with van der Waals surface area (Å²) >= 11 is 6.84. The first-order valence-corrected chi connectivity index (χ1v) is 5.48. The fraction of sp³-hybridized carbons (Fsp3) is 0.500. The zero-order valence-electron chi connectivity index (χ0n) is 8.07. The number of rotatable bonds is 4. The van der Waals surface area contributed by atoms with E-state index in [-0.39, 0.29) is 11.2 Å². The van der Waals surface area contributed by atoms with Crippen molar-refractivity contribution < 1.29 is 5.11 Å². The molecule has 82 valence electrons. The molecule has 0 fully saturated rings. The lowest BCUT2D eigenvalue weighted by Crippen LogP contribution is -2.38. The molecule has 2 unspecified atom stereocenters. The monoisotopic (exact) mass is 246 g/mol. The summed E-state index contributed by atoms with van der Waals surface area (Å²) in [4.78, 5) is 4.29. The summed E-state index contributed by atoms with van der Waals surface area (Å²) in [6.07, 6.45) is -0.594. The van der Waals surface area contributed by atoms with Gasteiger partial charge in [-0.1, -0.05) is 22.9 Å². The molecule has 2 atom stereocenters. The average molecular weight is 247 g/mol. The summed E-state index contributed by atoms with van der Waals surface area (Å²) in [5.41, 5.74) is 5.61. The highest BCUT2D eigenvalue weighted by atomic mass is 35.5. The molecular weight excluding hydrogens is 236 g/mol. The van der Waals surface area contributed by atoms with Crippen molar-refractivity contribution in [2.24, 2.45) is 5.73 Å². The van der Waals surface area contributed by atoms with Gasteiger partial charge in [0.2, 0.25) is 0 Å². The number of aliphatic hydroxyl groups excluding tert-OH is 1. The summed E-state index contributed by atoms with van der Waals surface area (Å²) in [7, 11) is 0. The molecule has 1 aromatic heterocycles. The lowest BCUT2D eigenvalue weighted by Gasteiger charge is -2.14. The van der Waals surface area contributed by atoms with Gasteiger partial charge in [-0.05, 0) is 6.92 Å². The number of nitrogens with zero attached hydrogens (tertiary/aromatic N) is 2. The topological polar surface area (TPSA) is 95.0 Å². The van der Waals surface area contributed by atoms with Crippen LogP contribution in [-0.4, -0.2) is 28.8 Å². The van der Waals surface area contributed by atoms with Gasteiger partial charge in [-0.3, -0.25) is 0 Å².